The van der Waals surface area contributed by atoms with Gasteiger partial charge in [0.15, 0.2) is 0 Å². The van der Waals surface area contributed by atoms with E-state index in [1.807, 2.05) is 27.2 Å². The number of phosphoric acid groups is 1. The summed E-state index contributed by atoms with van der Waals surface area (Å²) in [5, 5.41) is 13.7. The van der Waals surface area contributed by atoms with Crippen molar-refractivity contribution in [2.45, 2.75) is 231 Å². The van der Waals surface area contributed by atoms with Gasteiger partial charge in [-0.25, -0.2) is 4.57 Å². The van der Waals surface area contributed by atoms with E-state index in [0.29, 0.717) is 17.4 Å². The van der Waals surface area contributed by atoms with Crippen LogP contribution in [0, 0.1) is 0 Å². The number of hydrogen-bond acceptors (Lipinski definition) is 5. The summed E-state index contributed by atoms with van der Waals surface area (Å²) in [7, 11) is 1.55. The van der Waals surface area contributed by atoms with Crippen LogP contribution in [0.3, 0.4) is 0 Å². The van der Waals surface area contributed by atoms with E-state index in [4.69, 9.17) is 9.05 Å². The van der Waals surface area contributed by atoms with Gasteiger partial charge in [0.1, 0.15) is 13.2 Å². The van der Waals surface area contributed by atoms with Crippen molar-refractivity contribution in [3.05, 3.63) is 36.5 Å². The molecule has 0 fully saturated rings. The minimum atomic E-state index is -4.34. The fraction of sp³-hybridized carbons (Fsp3) is 0.857. The summed E-state index contributed by atoms with van der Waals surface area (Å²) in [6.45, 7) is 4.74. The van der Waals surface area contributed by atoms with Crippen LogP contribution in [0.4, 0.5) is 0 Å². The van der Waals surface area contributed by atoms with Crippen LogP contribution in [0.25, 0.3) is 0 Å². The van der Waals surface area contributed by atoms with Gasteiger partial charge in [0.05, 0.1) is 39.9 Å². The maximum Gasteiger partial charge on any atom is 0.472 e. The van der Waals surface area contributed by atoms with Crippen LogP contribution < -0.4 is 5.32 Å². The molecule has 0 aliphatic carbocycles. The Balaban J connectivity index is 4.08. The second kappa shape index (κ2) is 41.1. The molecule has 0 aliphatic rings. The lowest BCUT2D eigenvalue weighted by atomic mass is 10.0. The molecule has 0 rings (SSSR count). The van der Waals surface area contributed by atoms with Gasteiger partial charge in [-0.15, -0.1) is 0 Å². The van der Waals surface area contributed by atoms with E-state index in [1.165, 1.54) is 161 Å². The van der Waals surface area contributed by atoms with Crippen LogP contribution >= 0.6 is 7.82 Å². The zero-order chi connectivity index (χ0) is 42.8. The molecule has 0 bridgehead atoms. The summed E-state index contributed by atoms with van der Waals surface area (Å²) >= 11 is 0. The van der Waals surface area contributed by atoms with Crippen molar-refractivity contribution in [1.29, 1.82) is 0 Å². The highest BCUT2D eigenvalue weighted by molar-refractivity contribution is 7.47. The second-order valence-electron chi connectivity index (χ2n) is 17.8. The summed E-state index contributed by atoms with van der Waals surface area (Å²) in [4.78, 5) is 23.1. The second-order valence-corrected chi connectivity index (χ2v) is 19.3. The molecule has 0 aliphatic heterocycles. The van der Waals surface area contributed by atoms with Gasteiger partial charge in [0.25, 0.3) is 0 Å². The van der Waals surface area contributed by atoms with Crippen molar-refractivity contribution in [3.63, 3.8) is 0 Å². The molecule has 0 spiro atoms. The predicted octanol–water partition coefficient (Wildman–Crippen LogP) is 13.9. The molecule has 0 aromatic rings. The van der Waals surface area contributed by atoms with Gasteiger partial charge < -0.3 is 19.8 Å². The smallest absolute Gasteiger partial charge is 0.387 e. The first-order valence-electron chi connectivity index (χ1n) is 24.4. The van der Waals surface area contributed by atoms with E-state index in [1.54, 1.807) is 6.08 Å². The lowest BCUT2D eigenvalue weighted by Crippen LogP contribution is -2.45. The van der Waals surface area contributed by atoms with Gasteiger partial charge in [-0.05, 0) is 57.8 Å². The topological polar surface area (TPSA) is 105 Å². The average Bonchev–Trinajstić information content (AvgIpc) is 3.17. The van der Waals surface area contributed by atoms with E-state index >= 15 is 0 Å². The molecule has 8 nitrogen and oxygen atoms in total. The SMILES string of the molecule is CCCCC/C=C/CC/C=C/C(O)C(COP(=O)(O)OCC[N+](C)(C)C)NC(=O)CCCCCCCCCCCCCCCCC/C=C\CCCCCCCCCC. The fourth-order valence-corrected chi connectivity index (χ4v) is 7.67. The first kappa shape index (κ1) is 56.7. The van der Waals surface area contributed by atoms with Gasteiger partial charge >= 0.3 is 7.82 Å². The normalized spacial score (nSPS) is 14.5. The first-order chi connectivity index (χ1) is 28.0. The number of aliphatic hydroxyl groups is 1. The van der Waals surface area contributed by atoms with E-state index in [-0.39, 0.29) is 19.1 Å². The molecule has 1 amide bonds. The number of nitrogens with zero attached hydrogens (tertiary/aromatic N) is 1. The van der Waals surface area contributed by atoms with E-state index < -0.39 is 20.0 Å². The number of carbonyl (C=O) groups is 1. The molecule has 9 heteroatoms. The van der Waals surface area contributed by atoms with Gasteiger partial charge in [0, 0.05) is 6.42 Å². The summed E-state index contributed by atoms with van der Waals surface area (Å²) < 4.78 is 23.5. The van der Waals surface area contributed by atoms with Gasteiger partial charge in [0.2, 0.25) is 5.91 Å². The molecule has 0 heterocycles. The zero-order valence-electron chi connectivity index (χ0n) is 38.8. The standard InChI is InChI=1S/C49H95N2O6P/c1-6-8-10-12-14-16-17-18-19-20-21-22-23-24-25-26-27-28-29-30-31-32-33-35-37-39-41-43-49(53)50-47(46-57-58(54,55)56-45-44-51(3,4)5)48(52)42-40-38-36-34-15-13-11-9-7-2/h15,20-21,34,40,42,47-48,52H,6-14,16-19,22-33,35-39,41,43-46H2,1-5H3,(H-,50,53,54,55)/p+1/b21-20-,34-15+,42-40+. The number of likely N-dealkylation sites (N-methyl/N-ethyl adjacent to an activating group) is 1. The Kier molecular flexibility index (Phi) is 40.2. The quantitative estimate of drug-likeness (QED) is 0.0244. The molecule has 3 unspecified atom stereocenters. The van der Waals surface area contributed by atoms with Crippen molar-refractivity contribution in [3.8, 4) is 0 Å². The van der Waals surface area contributed by atoms with Gasteiger partial charge in [-0.2, -0.15) is 0 Å². The van der Waals surface area contributed by atoms with Crippen molar-refractivity contribution in [1.82, 2.24) is 5.32 Å². The Morgan fingerprint density at radius 1 is 0.569 bits per heavy atom. The maximum atomic E-state index is 12.9. The molecular weight excluding hydrogens is 744 g/mol. The Bertz CT molecular complexity index is 1040. The molecule has 0 aromatic heterocycles. The largest absolute Gasteiger partial charge is 0.472 e. The van der Waals surface area contributed by atoms with E-state index in [0.717, 1.165) is 38.5 Å². The highest BCUT2D eigenvalue weighted by Crippen LogP contribution is 2.43. The van der Waals surface area contributed by atoms with E-state index in [2.05, 4.69) is 43.5 Å². The number of aliphatic hydroxyl groups excluding tert-OH is 1. The number of amides is 1. The lowest BCUT2D eigenvalue weighted by Gasteiger charge is -2.25. The molecule has 0 radical (unpaired) electrons. The Morgan fingerprint density at radius 2 is 0.948 bits per heavy atom. The molecule has 0 saturated carbocycles. The summed E-state index contributed by atoms with van der Waals surface area (Å²) in [5.74, 6) is -0.188. The number of unbranched alkanes of at least 4 members (excludes halogenated alkanes) is 27. The number of allylic oxidation sites excluding steroid dienone is 5. The summed E-state index contributed by atoms with van der Waals surface area (Å²) in [6.07, 6.45) is 51.1. The van der Waals surface area contributed by atoms with E-state index in [9.17, 15) is 19.4 Å². The average molecular weight is 840 g/mol. The number of rotatable bonds is 44. The first-order valence-corrected chi connectivity index (χ1v) is 25.9. The van der Waals surface area contributed by atoms with Crippen LogP contribution in [0.2, 0.25) is 0 Å². The van der Waals surface area contributed by atoms with Crippen LogP contribution in [-0.4, -0.2) is 73.4 Å². The van der Waals surface area contributed by atoms with Gasteiger partial charge in [-0.3, -0.25) is 13.8 Å². The minimum absolute atomic E-state index is 0.0565. The Morgan fingerprint density at radius 3 is 1.41 bits per heavy atom. The molecule has 342 valence electrons. The van der Waals surface area contributed by atoms with Crippen LogP contribution in [0.5, 0.6) is 0 Å². The number of hydrogen-bond donors (Lipinski definition) is 3. The Labute approximate surface area is 359 Å². The third kappa shape index (κ3) is 42.8. The molecule has 0 aromatic carbocycles. The third-order valence-electron chi connectivity index (χ3n) is 10.8. The third-order valence-corrected chi connectivity index (χ3v) is 11.8. The maximum absolute atomic E-state index is 12.9. The predicted molar refractivity (Wildman–Crippen MR) is 249 cm³/mol. The highest BCUT2D eigenvalue weighted by Gasteiger charge is 2.27. The van der Waals surface area contributed by atoms with Crippen molar-refractivity contribution in [2.75, 3.05) is 40.9 Å². The Hall–Kier alpha value is -1.28. The number of nitrogens with one attached hydrogen (secondary N) is 1. The molecule has 58 heavy (non-hydrogen) atoms. The molecular formula is C49H96N2O6P+. The van der Waals surface area contributed by atoms with Crippen molar-refractivity contribution >= 4 is 13.7 Å². The molecule has 3 N–H and O–H groups in total. The fourth-order valence-electron chi connectivity index (χ4n) is 6.93. The monoisotopic (exact) mass is 840 g/mol. The van der Waals surface area contributed by atoms with Crippen molar-refractivity contribution < 1.29 is 32.9 Å². The van der Waals surface area contributed by atoms with Crippen LogP contribution in [0.1, 0.15) is 219 Å². The number of quaternary nitrogens is 1. The lowest BCUT2D eigenvalue weighted by molar-refractivity contribution is -0.870. The minimum Gasteiger partial charge on any atom is -0.387 e. The van der Waals surface area contributed by atoms with Crippen LogP contribution in [0.15, 0.2) is 36.5 Å². The molecule has 0 saturated heterocycles. The summed E-state index contributed by atoms with van der Waals surface area (Å²) in [6, 6.07) is -0.859. The molecule has 3 atom stereocenters. The number of carbonyl (C=O) groups excluding carboxylic acids is 1. The van der Waals surface area contributed by atoms with Crippen LogP contribution in [-0.2, 0) is 18.4 Å². The van der Waals surface area contributed by atoms with Crippen molar-refractivity contribution in [2.24, 2.45) is 0 Å². The van der Waals surface area contributed by atoms with Gasteiger partial charge in [-0.1, -0.05) is 192 Å². The number of phosphoric ester groups is 1. The zero-order valence-corrected chi connectivity index (χ0v) is 39.7. The highest BCUT2D eigenvalue weighted by atomic mass is 31.2. The summed E-state index contributed by atoms with van der Waals surface area (Å²) in [5.41, 5.74) is 0.